The summed E-state index contributed by atoms with van der Waals surface area (Å²) in [7, 11) is 0. The Labute approximate surface area is 159 Å². The molecule has 0 bridgehead atoms. The number of rotatable bonds is 4. The van der Waals surface area contributed by atoms with Crippen LogP contribution >= 0.6 is 0 Å². The maximum atomic E-state index is 13.0. The highest BCUT2D eigenvalue weighted by atomic mass is 16.5. The quantitative estimate of drug-likeness (QED) is 0.828. The zero-order valence-electron chi connectivity index (χ0n) is 16.6. The molecule has 0 aliphatic rings. The van der Waals surface area contributed by atoms with Crippen LogP contribution in [-0.4, -0.2) is 22.9 Å². The third kappa shape index (κ3) is 4.62. The lowest BCUT2D eigenvalue weighted by Crippen LogP contribution is -2.49. The molecule has 1 heterocycles. The van der Waals surface area contributed by atoms with E-state index in [2.05, 4.69) is 10.5 Å². The van der Waals surface area contributed by atoms with Gasteiger partial charge in [0.15, 0.2) is 11.5 Å². The first-order valence-electron chi connectivity index (χ1n) is 8.75. The average Bonchev–Trinajstić information content (AvgIpc) is 3.08. The topological polar surface area (TPSA) is 96.0 Å². The van der Waals surface area contributed by atoms with Crippen molar-refractivity contribution in [2.24, 2.45) is 5.41 Å². The number of nitrogens with zero attached hydrogens (tertiary/aromatic N) is 2. The molecule has 142 valence electrons. The first-order valence-corrected chi connectivity index (χ1v) is 8.75. The number of aromatic nitrogens is 1. The van der Waals surface area contributed by atoms with Gasteiger partial charge in [0, 0.05) is 11.0 Å². The van der Waals surface area contributed by atoms with Crippen molar-refractivity contribution >= 4 is 11.7 Å². The molecule has 0 spiro atoms. The molecule has 6 heteroatoms. The molecule has 1 unspecified atom stereocenters. The van der Waals surface area contributed by atoms with E-state index in [1.807, 2.05) is 47.6 Å². The summed E-state index contributed by atoms with van der Waals surface area (Å²) >= 11 is 0. The van der Waals surface area contributed by atoms with Crippen molar-refractivity contribution in [2.75, 3.05) is 0 Å². The second kappa shape index (κ2) is 7.36. The van der Waals surface area contributed by atoms with Crippen LogP contribution in [-0.2, 0) is 5.41 Å². The van der Waals surface area contributed by atoms with Crippen molar-refractivity contribution in [2.45, 2.75) is 53.0 Å². The van der Waals surface area contributed by atoms with Gasteiger partial charge >= 0.3 is 0 Å². The number of nitrogens with one attached hydrogen (secondary N) is 1. The summed E-state index contributed by atoms with van der Waals surface area (Å²) in [6.07, 6.45) is 1.38. The second-order valence-electron chi connectivity index (χ2n) is 8.64. The Morgan fingerprint density at radius 1 is 1.11 bits per heavy atom. The van der Waals surface area contributed by atoms with E-state index in [4.69, 9.17) is 9.78 Å². The molecule has 1 atom stereocenters. The molecule has 1 amide bonds. The van der Waals surface area contributed by atoms with Crippen molar-refractivity contribution in [1.82, 2.24) is 10.5 Å². The minimum atomic E-state index is -0.749. The molecule has 1 aromatic heterocycles. The van der Waals surface area contributed by atoms with E-state index in [9.17, 15) is 9.59 Å². The van der Waals surface area contributed by atoms with Gasteiger partial charge in [0.05, 0.1) is 23.9 Å². The van der Waals surface area contributed by atoms with Crippen molar-refractivity contribution in [1.29, 1.82) is 5.26 Å². The molecule has 1 N–H and O–H groups in total. The van der Waals surface area contributed by atoms with Gasteiger partial charge in [0.1, 0.15) is 5.56 Å². The Morgan fingerprint density at radius 3 is 2.19 bits per heavy atom. The highest BCUT2D eigenvalue weighted by molar-refractivity contribution is 6.05. The molecule has 2 aromatic rings. The van der Waals surface area contributed by atoms with Gasteiger partial charge in [-0.2, -0.15) is 5.26 Å². The smallest absolute Gasteiger partial charge is 0.257 e. The minimum Gasteiger partial charge on any atom is -0.360 e. The minimum absolute atomic E-state index is 0.214. The van der Waals surface area contributed by atoms with Crippen molar-refractivity contribution in [3.8, 4) is 6.07 Å². The molecular weight excluding hydrogens is 342 g/mol. The van der Waals surface area contributed by atoms with Crippen molar-refractivity contribution < 1.29 is 14.1 Å². The number of carbonyl (C=O) groups excluding carboxylic acids is 2. The molecule has 2 rings (SSSR count). The van der Waals surface area contributed by atoms with Crippen LogP contribution in [0.5, 0.6) is 0 Å². The Kier molecular flexibility index (Phi) is 5.55. The zero-order chi connectivity index (χ0) is 20.4. The number of benzene rings is 1. The summed E-state index contributed by atoms with van der Waals surface area (Å²) in [6.45, 7) is 11.4. The van der Waals surface area contributed by atoms with Gasteiger partial charge in [0.2, 0.25) is 0 Å². The van der Waals surface area contributed by atoms with Gasteiger partial charge in [-0.3, -0.25) is 9.59 Å². The second-order valence-corrected chi connectivity index (χ2v) is 8.64. The fourth-order valence-corrected chi connectivity index (χ4v) is 2.70. The van der Waals surface area contributed by atoms with Gasteiger partial charge in [-0.05, 0) is 17.5 Å². The molecule has 0 saturated heterocycles. The SMILES string of the molecule is CC(C)(C)c1oncc1C(=O)NC(C(=O)c1ccc(C#N)cc1)C(C)(C)C. The molecule has 0 saturated carbocycles. The number of hydrogen-bond donors (Lipinski definition) is 1. The summed E-state index contributed by atoms with van der Waals surface area (Å²) in [4.78, 5) is 25.9. The fraction of sp³-hybridized carbons (Fsp3) is 0.429. The number of ketones is 1. The van der Waals surface area contributed by atoms with Gasteiger partial charge < -0.3 is 9.84 Å². The molecule has 27 heavy (non-hydrogen) atoms. The number of amides is 1. The van der Waals surface area contributed by atoms with E-state index in [0.717, 1.165) is 0 Å². The molecule has 0 aliphatic heterocycles. The third-order valence-corrected chi connectivity index (χ3v) is 4.20. The number of carbonyl (C=O) groups is 2. The van der Waals surface area contributed by atoms with Gasteiger partial charge in [0.25, 0.3) is 5.91 Å². The van der Waals surface area contributed by atoms with E-state index < -0.39 is 22.8 Å². The Bertz CT molecular complexity index is 875. The van der Waals surface area contributed by atoms with E-state index in [1.54, 1.807) is 24.3 Å². The van der Waals surface area contributed by atoms with Crippen LogP contribution < -0.4 is 5.32 Å². The van der Waals surface area contributed by atoms with Crippen molar-refractivity contribution in [3.63, 3.8) is 0 Å². The maximum absolute atomic E-state index is 13.0. The lowest BCUT2D eigenvalue weighted by atomic mass is 9.81. The Balaban J connectivity index is 2.33. The highest BCUT2D eigenvalue weighted by Gasteiger charge is 2.35. The number of Topliss-reactive ketones (excluding diaryl/α,β-unsaturated/α-hetero) is 1. The molecule has 0 fully saturated rings. The average molecular weight is 367 g/mol. The molecular formula is C21H25N3O3. The molecule has 0 radical (unpaired) electrons. The third-order valence-electron chi connectivity index (χ3n) is 4.20. The number of nitriles is 1. The van der Waals surface area contributed by atoms with Gasteiger partial charge in [-0.15, -0.1) is 0 Å². The normalized spacial score (nSPS) is 12.9. The highest BCUT2D eigenvalue weighted by Crippen LogP contribution is 2.27. The lowest BCUT2D eigenvalue weighted by molar-refractivity contribution is 0.0780. The predicted molar refractivity (Wildman–Crippen MR) is 101 cm³/mol. The summed E-state index contributed by atoms with van der Waals surface area (Å²) in [5.41, 5.74) is 0.333. The lowest BCUT2D eigenvalue weighted by Gasteiger charge is -2.30. The summed E-state index contributed by atoms with van der Waals surface area (Å²) in [6, 6.07) is 7.66. The fourth-order valence-electron chi connectivity index (χ4n) is 2.70. The number of hydrogen-bond acceptors (Lipinski definition) is 5. The Hall–Kier alpha value is -2.94. The van der Waals surface area contributed by atoms with Crippen LogP contribution in [0.2, 0.25) is 0 Å². The van der Waals surface area contributed by atoms with Crippen LogP contribution in [0.25, 0.3) is 0 Å². The largest absolute Gasteiger partial charge is 0.360 e. The standard InChI is InChI=1S/C21H25N3O3/c1-20(2,3)17(16(25)14-9-7-13(11-22)8-10-14)24-19(26)15-12-23-27-18(15)21(4,5)6/h7-10,12,17H,1-6H3,(H,24,26). The van der Waals surface area contributed by atoms with E-state index >= 15 is 0 Å². The van der Waals surface area contributed by atoms with Crippen LogP contribution in [0.1, 0.15) is 73.6 Å². The predicted octanol–water partition coefficient (Wildman–Crippen LogP) is 3.87. The van der Waals surface area contributed by atoms with Crippen LogP contribution in [0.3, 0.4) is 0 Å². The van der Waals surface area contributed by atoms with Crippen LogP contribution in [0.15, 0.2) is 35.0 Å². The monoisotopic (exact) mass is 367 g/mol. The van der Waals surface area contributed by atoms with Crippen LogP contribution in [0, 0.1) is 16.7 Å². The maximum Gasteiger partial charge on any atom is 0.257 e. The van der Waals surface area contributed by atoms with Crippen molar-refractivity contribution in [3.05, 3.63) is 52.9 Å². The first-order chi connectivity index (χ1) is 12.4. The molecule has 0 aliphatic carbocycles. The van der Waals surface area contributed by atoms with Gasteiger partial charge in [-0.1, -0.05) is 58.8 Å². The van der Waals surface area contributed by atoms with E-state index in [1.165, 1.54) is 6.20 Å². The molecule has 1 aromatic carbocycles. The summed E-state index contributed by atoms with van der Waals surface area (Å²) in [5, 5.41) is 15.5. The first kappa shape index (κ1) is 20.4. The van der Waals surface area contributed by atoms with Crippen LogP contribution in [0.4, 0.5) is 0 Å². The molecule has 6 nitrogen and oxygen atoms in total. The summed E-state index contributed by atoms with van der Waals surface area (Å²) in [5.74, 6) is -0.143. The summed E-state index contributed by atoms with van der Waals surface area (Å²) < 4.78 is 5.26. The van der Waals surface area contributed by atoms with E-state index in [0.29, 0.717) is 22.5 Å². The Morgan fingerprint density at radius 2 is 1.70 bits per heavy atom. The van der Waals surface area contributed by atoms with E-state index in [-0.39, 0.29) is 5.78 Å². The van der Waals surface area contributed by atoms with Gasteiger partial charge in [-0.25, -0.2) is 0 Å². The zero-order valence-corrected chi connectivity index (χ0v) is 16.6.